The van der Waals surface area contributed by atoms with Crippen LogP contribution < -0.4 is 21.4 Å². The lowest BCUT2D eigenvalue weighted by molar-refractivity contribution is -0.140. The summed E-state index contributed by atoms with van der Waals surface area (Å²) in [6.45, 7) is 4.81. The average Bonchev–Trinajstić information content (AvgIpc) is 2.91. The molecule has 13 heteroatoms. The molecule has 210 valence electrons. The number of aryl methyl sites for hydroxylation is 2. The molecule has 0 bridgehead atoms. The molecule has 1 atom stereocenters. The van der Waals surface area contributed by atoms with Crippen molar-refractivity contribution in [3.8, 4) is 11.3 Å². The van der Waals surface area contributed by atoms with Crippen LogP contribution in [-0.2, 0) is 18.0 Å². The van der Waals surface area contributed by atoms with Crippen molar-refractivity contribution >= 4 is 16.6 Å². The van der Waals surface area contributed by atoms with Gasteiger partial charge in [0.2, 0.25) is 0 Å². The number of rotatable bonds is 5. The van der Waals surface area contributed by atoms with Gasteiger partial charge >= 0.3 is 6.18 Å². The number of nitrogens with one attached hydrogen (secondary N) is 1. The second-order valence-corrected chi connectivity index (χ2v) is 9.52. The largest absolute Gasteiger partial charge is 0.419 e. The standard InChI is InChI=1S/C27H26F4N6O3/c1-15-6-4-9-20(32-15)22-21-18(14-37(26(22)39)36-10-12-40-13-11-36)24(34-35(3)25(21)38)33-16(2)17-7-5-8-19(23(17)28)27(29,30)31/h4-9,14,16H,10-13H2,1-3H3,(H,33,34)/t16-/m1/s1. The van der Waals surface area contributed by atoms with Crippen LogP contribution in [0.15, 0.2) is 52.2 Å². The van der Waals surface area contributed by atoms with E-state index in [1.54, 1.807) is 30.1 Å². The maximum Gasteiger partial charge on any atom is 0.419 e. The summed E-state index contributed by atoms with van der Waals surface area (Å²) >= 11 is 0. The number of alkyl halides is 3. The van der Waals surface area contributed by atoms with Crippen molar-refractivity contribution in [2.75, 3.05) is 36.6 Å². The third kappa shape index (κ3) is 4.92. The smallest absolute Gasteiger partial charge is 0.378 e. The minimum atomic E-state index is -4.87. The van der Waals surface area contributed by atoms with Gasteiger partial charge in [0.1, 0.15) is 5.82 Å². The molecule has 9 nitrogen and oxygen atoms in total. The highest BCUT2D eigenvalue weighted by Gasteiger charge is 2.35. The predicted molar refractivity (Wildman–Crippen MR) is 141 cm³/mol. The van der Waals surface area contributed by atoms with Crippen molar-refractivity contribution in [1.29, 1.82) is 0 Å². The van der Waals surface area contributed by atoms with Gasteiger partial charge in [0, 0.05) is 24.5 Å². The topological polar surface area (TPSA) is 94.3 Å². The van der Waals surface area contributed by atoms with E-state index in [0.717, 1.165) is 10.7 Å². The Kier molecular flexibility index (Phi) is 7.08. The van der Waals surface area contributed by atoms with Crippen molar-refractivity contribution in [3.05, 3.63) is 85.9 Å². The molecule has 4 heterocycles. The molecule has 0 spiro atoms. The van der Waals surface area contributed by atoms with Gasteiger partial charge in [0.15, 0.2) is 5.82 Å². The first-order valence-corrected chi connectivity index (χ1v) is 12.5. The van der Waals surface area contributed by atoms with E-state index in [-0.39, 0.29) is 33.4 Å². The van der Waals surface area contributed by atoms with E-state index in [1.807, 2.05) is 0 Å². The van der Waals surface area contributed by atoms with Crippen molar-refractivity contribution in [2.45, 2.75) is 26.1 Å². The number of hydrogen-bond acceptors (Lipinski definition) is 7. The third-order valence-electron chi connectivity index (χ3n) is 6.80. The van der Waals surface area contributed by atoms with Crippen molar-refractivity contribution in [2.24, 2.45) is 7.05 Å². The number of halogens is 4. The van der Waals surface area contributed by atoms with Gasteiger partial charge in [-0.15, -0.1) is 0 Å². The molecule has 1 aromatic carbocycles. The molecule has 4 aromatic rings. The Labute approximate surface area is 225 Å². The molecule has 0 radical (unpaired) electrons. The normalized spacial score (nSPS) is 14.9. The molecular formula is C27H26F4N6O3. The van der Waals surface area contributed by atoms with Crippen molar-refractivity contribution in [3.63, 3.8) is 0 Å². The summed E-state index contributed by atoms with van der Waals surface area (Å²) in [4.78, 5) is 31.8. The zero-order valence-electron chi connectivity index (χ0n) is 21.9. The molecule has 0 aliphatic carbocycles. The number of morpholine rings is 1. The van der Waals surface area contributed by atoms with Crippen LogP contribution in [0.5, 0.6) is 0 Å². The SMILES string of the molecule is Cc1cccc(-c2c(=O)n(N3CCOCC3)cc3c(N[C@H](C)c4cccc(C(F)(F)F)c4F)nn(C)c(=O)c23)n1. The van der Waals surface area contributed by atoms with E-state index in [1.165, 1.54) is 30.9 Å². The Morgan fingerprint density at radius 2 is 1.75 bits per heavy atom. The van der Waals surface area contributed by atoms with Crippen LogP contribution in [0, 0.1) is 12.7 Å². The van der Waals surface area contributed by atoms with Gasteiger partial charge in [0.25, 0.3) is 11.1 Å². The zero-order chi connectivity index (χ0) is 28.8. The summed E-state index contributed by atoms with van der Waals surface area (Å²) in [7, 11) is 1.39. The number of fused-ring (bicyclic) bond motifs is 1. The van der Waals surface area contributed by atoms with E-state index in [2.05, 4.69) is 15.4 Å². The van der Waals surface area contributed by atoms with Crippen molar-refractivity contribution < 1.29 is 22.3 Å². The molecule has 40 heavy (non-hydrogen) atoms. The highest BCUT2D eigenvalue weighted by atomic mass is 19.4. The number of hydrogen-bond donors (Lipinski definition) is 1. The quantitative estimate of drug-likeness (QED) is 0.373. The summed E-state index contributed by atoms with van der Waals surface area (Å²) in [5, 5.41) is 9.30. The highest BCUT2D eigenvalue weighted by molar-refractivity contribution is 6.00. The van der Waals surface area contributed by atoms with Gasteiger partial charge in [-0.25, -0.2) is 13.7 Å². The van der Waals surface area contributed by atoms with Crippen LogP contribution in [0.1, 0.15) is 29.8 Å². The lowest BCUT2D eigenvalue weighted by Gasteiger charge is -2.31. The average molecular weight is 559 g/mol. The molecule has 1 aliphatic heterocycles. The van der Waals surface area contributed by atoms with Crippen LogP contribution >= 0.6 is 0 Å². The van der Waals surface area contributed by atoms with Gasteiger partial charge < -0.3 is 15.1 Å². The fourth-order valence-electron chi connectivity index (χ4n) is 4.81. The fourth-order valence-corrected chi connectivity index (χ4v) is 4.81. The Balaban J connectivity index is 1.75. The molecule has 0 saturated carbocycles. The van der Waals surface area contributed by atoms with Gasteiger partial charge in [-0.1, -0.05) is 18.2 Å². The summed E-state index contributed by atoms with van der Waals surface area (Å²) in [6.07, 6.45) is -3.40. The molecule has 1 aliphatic rings. The Morgan fingerprint density at radius 3 is 2.42 bits per heavy atom. The maximum atomic E-state index is 15.0. The lowest BCUT2D eigenvalue weighted by Crippen LogP contribution is -2.49. The first kappa shape index (κ1) is 27.3. The van der Waals surface area contributed by atoms with E-state index in [4.69, 9.17) is 4.74 Å². The number of benzene rings is 1. The molecule has 3 aromatic heterocycles. The third-order valence-corrected chi connectivity index (χ3v) is 6.80. The number of ether oxygens (including phenoxy) is 1. The second kappa shape index (κ2) is 10.4. The molecule has 0 amide bonds. The van der Waals surface area contributed by atoms with Gasteiger partial charge in [-0.2, -0.15) is 18.3 Å². The molecule has 1 N–H and O–H groups in total. The van der Waals surface area contributed by atoms with Crippen LogP contribution in [0.3, 0.4) is 0 Å². The monoisotopic (exact) mass is 558 g/mol. The highest BCUT2D eigenvalue weighted by Crippen LogP contribution is 2.35. The Bertz CT molecular complexity index is 1710. The van der Waals surface area contributed by atoms with Crippen LogP contribution in [-0.4, -0.2) is 45.7 Å². The van der Waals surface area contributed by atoms with Crippen LogP contribution in [0.25, 0.3) is 22.0 Å². The minimum Gasteiger partial charge on any atom is -0.378 e. The predicted octanol–water partition coefficient (Wildman–Crippen LogP) is 3.76. The first-order chi connectivity index (χ1) is 19.0. The van der Waals surface area contributed by atoms with Gasteiger partial charge in [-0.3, -0.25) is 14.6 Å². The summed E-state index contributed by atoms with van der Waals surface area (Å²) in [5.41, 5.74) is -1.70. The number of pyridine rings is 2. The molecule has 0 unspecified atom stereocenters. The maximum absolute atomic E-state index is 15.0. The number of nitrogens with zero attached hydrogens (tertiary/aromatic N) is 5. The van der Waals surface area contributed by atoms with Crippen LogP contribution in [0.2, 0.25) is 0 Å². The van der Waals surface area contributed by atoms with E-state index < -0.39 is 34.7 Å². The van der Waals surface area contributed by atoms with E-state index >= 15 is 0 Å². The molecule has 5 rings (SSSR count). The Hall–Kier alpha value is -4.26. The number of aromatic nitrogens is 4. The Morgan fingerprint density at radius 1 is 1.05 bits per heavy atom. The summed E-state index contributed by atoms with van der Waals surface area (Å²) in [6, 6.07) is 7.17. The zero-order valence-corrected chi connectivity index (χ0v) is 21.9. The van der Waals surface area contributed by atoms with E-state index in [0.29, 0.717) is 38.1 Å². The van der Waals surface area contributed by atoms with Gasteiger partial charge in [-0.05, 0) is 32.0 Å². The van der Waals surface area contributed by atoms with Crippen LogP contribution in [0.4, 0.5) is 23.4 Å². The number of anilines is 1. The molecule has 1 saturated heterocycles. The second-order valence-electron chi connectivity index (χ2n) is 9.52. The molecular weight excluding hydrogens is 532 g/mol. The first-order valence-electron chi connectivity index (χ1n) is 12.5. The molecule has 1 fully saturated rings. The van der Waals surface area contributed by atoms with Gasteiger partial charge in [0.05, 0.1) is 59.9 Å². The van der Waals surface area contributed by atoms with Crippen molar-refractivity contribution in [1.82, 2.24) is 19.4 Å². The lowest BCUT2D eigenvalue weighted by atomic mass is 10.0. The fraction of sp³-hybridized carbons (Fsp3) is 0.333. The summed E-state index contributed by atoms with van der Waals surface area (Å²) in [5.74, 6) is -1.32. The summed E-state index contributed by atoms with van der Waals surface area (Å²) < 4.78 is 62.8. The van der Waals surface area contributed by atoms with E-state index in [9.17, 15) is 27.2 Å². The minimum absolute atomic E-state index is 0.0318.